The number of halogens is 1. The zero-order valence-electron chi connectivity index (χ0n) is 18.1. The number of rotatable bonds is 6. The van der Waals surface area contributed by atoms with Gasteiger partial charge >= 0.3 is 5.97 Å². The average molecular weight is 437 g/mol. The Morgan fingerprint density at radius 1 is 1.28 bits per heavy atom. The summed E-state index contributed by atoms with van der Waals surface area (Å²) in [5.74, 6) is 0.0184. The van der Waals surface area contributed by atoms with E-state index in [9.17, 15) is 14.0 Å². The van der Waals surface area contributed by atoms with Crippen LogP contribution in [0.15, 0.2) is 48.4 Å². The maximum Gasteiger partial charge on any atom is 0.307 e. The van der Waals surface area contributed by atoms with Crippen LogP contribution in [0.2, 0.25) is 0 Å². The van der Waals surface area contributed by atoms with E-state index in [0.29, 0.717) is 41.6 Å². The summed E-state index contributed by atoms with van der Waals surface area (Å²) in [6.07, 6.45) is 3.77. The van der Waals surface area contributed by atoms with Crippen LogP contribution in [-0.4, -0.2) is 35.6 Å². The first-order valence-electron chi connectivity index (χ1n) is 10.4. The van der Waals surface area contributed by atoms with Crippen LogP contribution >= 0.6 is 0 Å². The number of aromatic nitrogens is 1. The molecule has 0 unspecified atom stereocenters. The number of nitrogens with one attached hydrogen (secondary N) is 2. The van der Waals surface area contributed by atoms with Crippen molar-refractivity contribution in [2.45, 2.75) is 32.8 Å². The van der Waals surface area contributed by atoms with Gasteiger partial charge in [0.1, 0.15) is 23.0 Å². The molecule has 2 aliphatic rings. The van der Waals surface area contributed by atoms with Crippen LogP contribution in [0.3, 0.4) is 0 Å². The number of carbonyl (C=O) groups is 2. The number of anilines is 2. The molecule has 8 heteroatoms. The van der Waals surface area contributed by atoms with Crippen molar-refractivity contribution in [1.82, 2.24) is 4.98 Å². The van der Waals surface area contributed by atoms with Gasteiger partial charge in [-0.05, 0) is 57.2 Å². The molecule has 32 heavy (non-hydrogen) atoms. The molecule has 0 saturated carbocycles. The molecule has 2 aromatic rings. The third-order valence-electron chi connectivity index (χ3n) is 5.28. The number of fused-ring (bicyclic) bond motifs is 1. The highest BCUT2D eigenvalue weighted by molar-refractivity contribution is 6.32. The van der Waals surface area contributed by atoms with Crippen molar-refractivity contribution in [2.75, 3.05) is 23.8 Å². The summed E-state index contributed by atoms with van der Waals surface area (Å²) in [4.78, 5) is 28.4. The Morgan fingerprint density at radius 2 is 2.09 bits per heavy atom. The predicted molar refractivity (Wildman–Crippen MR) is 119 cm³/mol. The minimum absolute atomic E-state index is 0.254. The number of esters is 1. The molecule has 0 saturated heterocycles. The first kappa shape index (κ1) is 21.5. The molecule has 2 aliphatic heterocycles. The lowest BCUT2D eigenvalue weighted by atomic mass is 9.93. The number of carbonyl (C=O) groups excluding carboxylic acids is 2. The number of ether oxygens (including phenoxy) is 2. The van der Waals surface area contributed by atoms with E-state index in [1.165, 1.54) is 12.1 Å². The molecule has 1 amide bonds. The molecule has 7 nitrogen and oxygen atoms in total. The van der Waals surface area contributed by atoms with Crippen LogP contribution in [0.5, 0.6) is 0 Å². The summed E-state index contributed by atoms with van der Waals surface area (Å²) in [6.45, 7) is 6.35. The molecule has 0 bridgehead atoms. The van der Waals surface area contributed by atoms with Gasteiger partial charge in [-0.15, -0.1) is 0 Å². The molecular weight excluding hydrogens is 413 g/mol. The van der Waals surface area contributed by atoms with Crippen molar-refractivity contribution in [2.24, 2.45) is 0 Å². The number of nitrogens with zero attached hydrogens (tertiary/aromatic N) is 1. The highest BCUT2D eigenvalue weighted by atomic mass is 19.1. The molecule has 4 rings (SSSR count). The molecule has 0 fully saturated rings. The highest BCUT2D eigenvalue weighted by Crippen LogP contribution is 2.44. The van der Waals surface area contributed by atoms with Crippen molar-refractivity contribution < 1.29 is 23.5 Å². The molecule has 0 atom stereocenters. The number of hydrogen-bond acceptors (Lipinski definition) is 6. The van der Waals surface area contributed by atoms with Crippen molar-refractivity contribution in [3.8, 4) is 0 Å². The van der Waals surface area contributed by atoms with Crippen LogP contribution in [0.4, 0.5) is 15.9 Å². The highest BCUT2D eigenvalue weighted by Gasteiger charge is 2.38. The summed E-state index contributed by atoms with van der Waals surface area (Å²) < 4.78 is 24.8. The van der Waals surface area contributed by atoms with Crippen LogP contribution < -0.4 is 10.6 Å². The van der Waals surface area contributed by atoms with E-state index < -0.39 is 11.4 Å². The van der Waals surface area contributed by atoms with E-state index in [4.69, 9.17) is 9.47 Å². The van der Waals surface area contributed by atoms with Gasteiger partial charge in [0.25, 0.3) is 5.91 Å². The monoisotopic (exact) mass is 437 g/mol. The van der Waals surface area contributed by atoms with Gasteiger partial charge in [0.15, 0.2) is 0 Å². The third kappa shape index (κ3) is 4.21. The number of pyridine rings is 1. The third-order valence-corrected chi connectivity index (χ3v) is 5.28. The van der Waals surface area contributed by atoms with Gasteiger partial charge in [-0.25, -0.2) is 9.37 Å². The van der Waals surface area contributed by atoms with Crippen molar-refractivity contribution in [1.29, 1.82) is 0 Å². The van der Waals surface area contributed by atoms with Crippen LogP contribution in [0, 0.1) is 5.82 Å². The molecule has 0 spiro atoms. The van der Waals surface area contributed by atoms with Gasteiger partial charge in [-0.3, -0.25) is 9.59 Å². The summed E-state index contributed by atoms with van der Waals surface area (Å²) in [7, 11) is 0. The van der Waals surface area contributed by atoms with E-state index in [1.54, 1.807) is 25.3 Å². The fraction of sp³-hybridized carbons (Fsp3) is 0.292. The molecule has 1 aromatic carbocycles. The number of allylic oxidation sites excluding steroid dienone is 1. The predicted octanol–water partition coefficient (Wildman–Crippen LogP) is 4.14. The fourth-order valence-electron chi connectivity index (χ4n) is 3.79. The minimum atomic E-state index is -0.709. The molecule has 3 heterocycles. The molecule has 0 radical (unpaired) electrons. The van der Waals surface area contributed by atoms with Gasteiger partial charge in [-0.1, -0.05) is 0 Å². The smallest absolute Gasteiger partial charge is 0.307 e. The van der Waals surface area contributed by atoms with E-state index in [-0.39, 0.29) is 18.3 Å². The standard InChI is InChI=1S/C24H24FN3O4/c1-4-31-21(29)9-10-26-20-8-5-14(13-27-20)17-12-19(32-24(17,2)3)22-16-11-15(25)6-7-18(16)28-23(22)30/h5-8,11-13H,4,9-10H2,1-3H3,(H,26,27)(H,28,30)/b22-19+. The Morgan fingerprint density at radius 3 is 2.81 bits per heavy atom. The van der Waals surface area contributed by atoms with Gasteiger partial charge in [0.2, 0.25) is 0 Å². The second kappa shape index (κ2) is 8.45. The molecule has 2 N–H and O–H groups in total. The van der Waals surface area contributed by atoms with Gasteiger partial charge in [0.05, 0.1) is 18.6 Å². The van der Waals surface area contributed by atoms with Crippen molar-refractivity contribution in [3.05, 3.63) is 65.3 Å². The van der Waals surface area contributed by atoms with E-state index >= 15 is 0 Å². The Labute approximate surface area is 185 Å². The first-order valence-corrected chi connectivity index (χ1v) is 10.4. The van der Waals surface area contributed by atoms with Crippen LogP contribution in [-0.2, 0) is 19.1 Å². The van der Waals surface area contributed by atoms with Crippen LogP contribution in [0.1, 0.15) is 38.3 Å². The Hall–Kier alpha value is -3.68. The zero-order valence-corrected chi connectivity index (χ0v) is 18.1. The summed E-state index contributed by atoms with van der Waals surface area (Å²) in [5.41, 5.74) is 2.33. The maximum atomic E-state index is 13.8. The second-order valence-corrected chi connectivity index (χ2v) is 7.97. The van der Waals surface area contributed by atoms with Gasteiger partial charge < -0.3 is 20.1 Å². The molecule has 166 valence electrons. The minimum Gasteiger partial charge on any atom is -0.482 e. The van der Waals surface area contributed by atoms with E-state index in [2.05, 4.69) is 15.6 Å². The van der Waals surface area contributed by atoms with Gasteiger partial charge in [0, 0.05) is 35.1 Å². The topological polar surface area (TPSA) is 89.5 Å². The molecular formula is C24H24FN3O4. The SMILES string of the molecule is CCOC(=O)CCNc1ccc(C2=C/C(=C3\C(=O)Nc4ccc(F)cc43)OC2(C)C)cn1. The van der Waals surface area contributed by atoms with E-state index in [1.807, 2.05) is 26.0 Å². The number of hydrogen-bond donors (Lipinski definition) is 2. The summed E-state index contributed by atoms with van der Waals surface area (Å²) in [5, 5.41) is 5.84. The lowest BCUT2D eigenvalue weighted by Crippen LogP contribution is -2.21. The Balaban J connectivity index is 1.57. The number of amides is 1. The Bertz CT molecular complexity index is 1140. The maximum absolute atomic E-state index is 13.8. The largest absolute Gasteiger partial charge is 0.482 e. The Kier molecular flexibility index (Phi) is 5.69. The van der Waals surface area contributed by atoms with Gasteiger partial charge in [-0.2, -0.15) is 0 Å². The second-order valence-electron chi connectivity index (χ2n) is 7.97. The van der Waals surface area contributed by atoms with Crippen molar-refractivity contribution in [3.63, 3.8) is 0 Å². The lowest BCUT2D eigenvalue weighted by Gasteiger charge is -2.23. The lowest BCUT2D eigenvalue weighted by molar-refractivity contribution is -0.142. The molecule has 0 aliphatic carbocycles. The summed E-state index contributed by atoms with van der Waals surface area (Å²) in [6, 6.07) is 7.89. The zero-order chi connectivity index (χ0) is 22.9. The molecule has 1 aromatic heterocycles. The average Bonchev–Trinajstić information content (AvgIpc) is 3.23. The first-order chi connectivity index (χ1) is 15.3. The van der Waals surface area contributed by atoms with E-state index in [0.717, 1.165) is 11.1 Å². The van der Waals surface area contributed by atoms with Crippen molar-refractivity contribution >= 4 is 34.5 Å². The van der Waals surface area contributed by atoms with Crippen LogP contribution in [0.25, 0.3) is 11.1 Å². The normalized spacial score (nSPS) is 18.5. The quantitative estimate of drug-likeness (QED) is 0.522. The number of benzene rings is 1. The fourth-order valence-corrected chi connectivity index (χ4v) is 3.79. The summed E-state index contributed by atoms with van der Waals surface area (Å²) >= 11 is 0.